The normalized spacial score (nSPS) is 10.8. The molecule has 2 aromatic carbocycles. The molecular weight excluding hydrogens is 330 g/mol. The van der Waals surface area contributed by atoms with E-state index in [4.69, 9.17) is 4.74 Å². The zero-order valence-electron chi connectivity index (χ0n) is 15.6. The van der Waals surface area contributed by atoms with Crippen molar-refractivity contribution in [2.24, 2.45) is 0 Å². The van der Waals surface area contributed by atoms with E-state index in [1.54, 1.807) is 31.4 Å². The van der Waals surface area contributed by atoms with Gasteiger partial charge in [-0.1, -0.05) is 26.0 Å². The Morgan fingerprint density at radius 3 is 1.96 bits per heavy atom. The number of anilines is 2. The Balaban J connectivity index is 1.89. The van der Waals surface area contributed by atoms with Crippen LogP contribution in [0.1, 0.15) is 26.3 Å². The number of nitrogens with one attached hydrogen (secondary N) is 3. The Morgan fingerprint density at radius 2 is 1.46 bits per heavy atom. The van der Waals surface area contributed by atoms with E-state index in [1.807, 2.05) is 24.3 Å². The third-order valence-electron chi connectivity index (χ3n) is 4.03. The molecule has 6 nitrogen and oxygen atoms in total. The molecule has 0 spiro atoms. The molecule has 138 valence electrons. The average molecular weight is 355 g/mol. The van der Waals surface area contributed by atoms with Crippen LogP contribution < -0.4 is 20.7 Å². The highest BCUT2D eigenvalue weighted by Gasteiger charge is 2.21. The number of amides is 3. The van der Waals surface area contributed by atoms with E-state index in [9.17, 15) is 9.59 Å². The first-order chi connectivity index (χ1) is 12.3. The van der Waals surface area contributed by atoms with Crippen LogP contribution in [0.5, 0.6) is 5.75 Å². The summed E-state index contributed by atoms with van der Waals surface area (Å²) in [5.74, 6) is 0.669. The predicted molar refractivity (Wildman–Crippen MR) is 104 cm³/mol. The average Bonchev–Trinajstić information content (AvgIpc) is 2.61. The lowest BCUT2D eigenvalue weighted by molar-refractivity contribution is -0.114. The summed E-state index contributed by atoms with van der Waals surface area (Å²) in [6.45, 7) is 6.06. The number of carbonyl (C=O) groups is 2. The van der Waals surface area contributed by atoms with Gasteiger partial charge in [-0.3, -0.25) is 4.79 Å². The lowest BCUT2D eigenvalue weighted by atomic mass is 9.84. The number of methoxy groups -OCH3 is 1. The first kappa shape index (κ1) is 19.3. The van der Waals surface area contributed by atoms with Crippen LogP contribution in [0, 0.1) is 0 Å². The third-order valence-corrected chi connectivity index (χ3v) is 4.03. The van der Waals surface area contributed by atoms with Crippen molar-refractivity contribution < 1.29 is 14.3 Å². The van der Waals surface area contributed by atoms with Crippen molar-refractivity contribution in [2.75, 3.05) is 24.3 Å². The molecule has 26 heavy (non-hydrogen) atoms. The minimum absolute atomic E-state index is 0.135. The molecule has 6 heteroatoms. The second-order valence-corrected chi connectivity index (χ2v) is 6.68. The van der Waals surface area contributed by atoms with E-state index in [0.29, 0.717) is 17.9 Å². The standard InChI is InChI=1S/C20H25N3O3/c1-14(24)22-16-7-9-17(10-8-16)23-19(25)21-13-20(2,3)15-5-11-18(26-4)12-6-15/h5-12H,13H2,1-4H3,(H,22,24)(H2,21,23,25). The maximum absolute atomic E-state index is 12.1. The van der Waals surface area contributed by atoms with Crippen LogP contribution in [-0.2, 0) is 10.2 Å². The number of ether oxygens (including phenoxy) is 1. The maximum Gasteiger partial charge on any atom is 0.319 e. The Bertz CT molecular complexity index is 753. The molecule has 2 aromatic rings. The first-order valence-corrected chi connectivity index (χ1v) is 8.37. The minimum atomic E-state index is -0.279. The van der Waals surface area contributed by atoms with Crippen molar-refractivity contribution in [3.63, 3.8) is 0 Å². The van der Waals surface area contributed by atoms with Gasteiger partial charge in [0.2, 0.25) is 5.91 Å². The van der Waals surface area contributed by atoms with Gasteiger partial charge in [-0.15, -0.1) is 0 Å². The summed E-state index contributed by atoms with van der Waals surface area (Å²) in [5, 5.41) is 8.36. The van der Waals surface area contributed by atoms with Crippen molar-refractivity contribution >= 4 is 23.3 Å². The monoisotopic (exact) mass is 355 g/mol. The summed E-state index contributed by atoms with van der Waals surface area (Å²) in [6.07, 6.45) is 0. The van der Waals surface area contributed by atoms with Crippen LogP contribution in [0.15, 0.2) is 48.5 Å². The molecule has 0 saturated heterocycles. The quantitative estimate of drug-likeness (QED) is 0.738. The fourth-order valence-corrected chi connectivity index (χ4v) is 2.46. The SMILES string of the molecule is COc1ccc(C(C)(C)CNC(=O)Nc2ccc(NC(C)=O)cc2)cc1. The molecule has 0 aromatic heterocycles. The summed E-state index contributed by atoms with van der Waals surface area (Å²) in [7, 11) is 1.63. The molecule has 2 rings (SSSR count). The zero-order chi connectivity index (χ0) is 19.2. The largest absolute Gasteiger partial charge is 0.497 e. The summed E-state index contributed by atoms with van der Waals surface area (Å²) in [6, 6.07) is 14.5. The van der Waals surface area contributed by atoms with Gasteiger partial charge in [0, 0.05) is 30.3 Å². The number of hydrogen-bond donors (Lipinski definition) is 3. The van der Waals surface area contributed by atoms with Gasteiger partial charge in [0.25, 0.3) is 0 Å². The second-order valence-electron chi connectivity index (χ2n) is 6.68. The summed E-state index contributed by atoms with van der Waals surface area (Å²) >= 11 is 0. The Kier molecular flexibility index (Phi) is 6.22. The van der Waals surface area contributed by atoms with E-state index >= 15 is 0 Å². The van der Waals surface area contributed by atoms with Gasteiger partial charge in [-0.2, -0.15) is 0 Å². The molecule has 0 saturated carbocycles. The van der Waals surface area contributed by atoms with Crippen LogP contribution >= 0.6 is 0 Å². The fourth-order valence-electron chi connectivity index (χ4n) is 2.46. The Morgan fingerprint density at radius 1 is 0.923 bits per heavy atom. The smallest absolute Gasteiger partial charge is 0.319 e. The van der Waals surface area contributed by atoms with Gasteiger partial charge in [-0.05, 0) is 42.0 Å². The van der Waals surface area contributed by atoms with Gasteiger partial charge in [0.15, 0.2) is 0 Å². The molecule has 0 radical (unpaired) electrons. The van der Waals surface area contributed by atoms with Crippen molar-refractivity contribution in [1.82, 2.24) is 5.32 Å². The van der Waals surface area contributed by atoms with Crippen LogP contribution in [0.4, 0.5) is 16.2 Å². The molecule has 0 atom stereocenters. The van der Waals surface area contributed by atoms with E-state index in [0.717, 1.165) is 11.3 Å². The van der Waals surface area contributed by atoms with Crippen molar-refractivity contribution in [1.29, 1.82) is 0 Å². The van der Waals surface area contributed by atoms with Gasteiger partial charge in [0.1, 0.15) is 5.75 Å². The summed E-state index contributed by atoms with van der Waals surface area (Å²) in [5.41, 5.74) is 2.22. The third kappa shape index (κ3) is 5.51. The Labute approximate surface area is 153 Å². The van der Waals surface area contributed by atoms with Crippen molar-refractivity contribution in [3.05, 3.63) is 54.1 Å². The molecule has 0 unspecified atom stereocenters. The lowest BCUT2D eigenvalue weighted by Crippen LogP contribution is -2.38. The van der Waals surface area contributed by atoms with Crippen LogP contribution in [0.2, 0.25) is 0 Å². The van der Waals surface area contributed by atoms with E-state index in [-0.39, 0.29) is 17.4 Å². The highest BCUT2D eigenvalue weighted by atomic mass is 16.5. The predicted octanol–water partition coefficient (Wildman–Crippen LogP) is 3.75. The highest BCUT2D eigenvalue weighted by molar-refractivity contribution is 5.91. The number of hydrogen-bond acceptors (Lipinski definition) is 3. The minimum Gasteiger partial charge on any atom is -0.497 e. The van der Waals surface area contributed by atoms with E-state index in [1.165, 1.54) is 6.92 Å². The zero-order valence-corrected chi connectivity index (χ0v) is 15.6. The first-order valence-electron chi connectivity index (χ1n) is 8.37. The molecule has 0 bridgehead atoms. The molecule has 0 aliphatic rings. The summed E-state index contributed by atoms with van der Waals surface area (Å²) in [4.78, 5) is 23.2. The van der Waals surface area contributed by atoms with Gasteiger partial charge in [-0.25, -0.2) is 4.79 Å². The lowest BCUT2D eigenvalue weighted by Gasteiger charge is -2.26. The van der Waals surface area contributed by atoms with Crippen molar-refractivity contribution in [3.8, 4) is 5.75 Å². The van der Waals surface area contributed by atoms with Gasteiger partial charge >= 0.3 is 6.03 Å². The summed E-state index contributed by atoms with van der Waals surface area (Å²) < 4.78 is 5.17. The molecule has 3 N–H and O–H groups in total. The van der Waals surface area contributed by atoms with Crippen LogP contribution in [0.25, 0.3) is 0 Å². The number of rotatable bonds is 6. The van der Waals surface area contributed by atoms with E-state index < -0.39 is 0 Å². The fraction of sp³-hybridized carbons (Fsp3) is 0.300. The van der Waals surface area contributed by atoms with Crippen molar-refractivity contribution in [2.45, 2.75) is 26.2 Å². The second kappa shape index (κ2) is 8.38. The number of carbonyl (C=O) groups excluding carboxylic acids is 2. The Hall–Kier alpha value is -3.02. The van der Waals surface area contributed by atoms with Gasteiger partial charge < -0.3 is 20.7 Å². The molecule has 0 aliphatic heterocycles. The molecule has 0 heterocycles. The molecule has 0 fully saturated rings. The van der Waals surface area contributed by atoms with Crippen LogP contribution in [-0.4, -0.2) is 25.6 Å². The maximum atomic E-state index is 12.1. The number of benzene rings is 2. The molecule has 0 aliphatic carbocycles. The topological polar surface area (TPSA) is 79.5 Å². The number of urea groups is 1. The molecular formula is C20H25N3O3. The van der Waals surface area contributed by atoms with E-state index in [2.05, 4.69) is 29.8 Å². The van der Waals surface area contributed by atoms with Gasteiger partial charge in [0.05, 0.1) is 7.11 Å². The van der Waals surface area contributed by atoms with Crippen LogP contribution in [0.3, 0.4) is 0 Å². The molecule has 3 amide bonds. The highest BCUT2D eigenvalue weighted by Crippen LogP contribution is 2.24.